The second kappa shape index (κ2) is 13.9. The summed E-state index contributed by atoms with van der Waals surface area (Å²) in [6.45, 7) is 14.6. The lowest BCUT2D eigenvalue weighted by Crippen LogP contribution is -2.50. The number of hydrogen-bond acceptors (Lipinski definition) is 4. The van der Waals surface area contributed by atoms with Crippen molar-refractivity contribution in [3.8, 4) is 0 Å². The van der Waals surface area contributed by atoms with Gasteiger partial charge in [0, 0.05) is 49.4 Å². The number of aliphatic hydroxyl groups excluding tert-OH is 1. The molecule has 2 amide bonds. The molecule has 2 aromatic carbocycles. The van der Waals surface area contributed by atoms with E-state index >= 15 is 4.39 Å². The maximum atomic E-state index is 15.1. The van der Waals surface area contributed by atoms with E-state index < -0.39 is 11.6 Å². The second-order valence-corrected chi connectivity index (χ2v) is 10.1. The number of carbonyl (C=O) groups is 2. The maximum absolute atomic E-state index is 15.1. The average Bonchev–Trinajstić information content (AvgIpc) is 2.99. The molecule has 0 aliphatic carbocycles. The third kappa shape index (κ3) is 6.60. The zero-order valence-electron chi connectivity index (χ0n) is 23.9. The molecule has 1 saturated heterocycles. The van der Waals surface area contributed by atoms with Gasteiger partial charge >= 0.3 is 0 Å². The number of allylic oxidation sites excluding steroid dienone is 4. The van der Waals surface area contributed by atoms with Gasteiger partial charge in [-0.1, -0.05) is 62.9 Å². The normalized spacial score (nSPS) is 15.0. The molecule has 0 spiro atoms. The fraction of sp³-hybridized carbons (Fsp3) is 0.281. The lowest BCUT2D eigenvalue weighted by Gasteiger charge is -2.37. The molecule has 1 heterocycles. The standard InChI is InChI=1S/C32H36ClFN4O3/c1-7-26(34)31(29(40)8-2)23-19-28(38(20-39)27-13-11-10-12-22(27)21(4)5)24(18-25(23)33)32(35-6)37-16-14-36(15-17-37)30(41)9-3/h7-13,18-21,40H,2-3,14-17H2,1,4-6H3/b26-7+,31-29+,35-32+. The fourth-order valence-electron chi connectivity index (χ4n) is 4.91. The van der Waals surface area contributed by atoms with Crippen LogP contribution in [0.2, 0.25) is 5.02 Å². The number of amidine groups is 1. The van der Waals surface area contributed by atoms with Crippen LogP contribution in [0.25, 0.3) is 5.57 Å². The quantitative estimate of drug-likeness (QED) is 0.0887. The number of carbonyl (C=O) groups excluding carboxylic acids is 2. The number of hydrogen-bond donors (Lipinski definition) is 1. The highest BCUT2D eigenvalue weighted by Crippen LogP contribution is 2.41. The van der Waals surface area contributed by atoms with Crippen LogP contribution < -0.4 is 4.90 Å². The topological polar surface area (TPSA) is 76.5 Å². The van der Waals surface area contributed by atoms with Crippen molar-refractivity contribution in [1.29, 1.82) is 0 Å². The van der Waals surface area contributed by atoms with Crippen LogP contribution in [-0.4, -0.2) is 66.3 Å². The molecule has 216 valence electrons. The highest BCUT2D eigenvalue weighted by atomic mass is 35.5. The second-order valence-electron chi connectivity index (χ2n) is 9.70. The molecule has 1 aliphatic rings. The van der Waals surface area contributed by atoms with E-state index in [0.29, 0.717) is 55.4 Å². The molecule has 0 aromatic heterocycles. The van der Waals surface area contributed by atoms with Crippen molar-refractivity contribution in [3.63, 3.8) is 0 Å². The molecular weight excluding hydrogens is 543 g/mol. The van der Waals surface area contributed by atoms with E-state index in [2.05, 4.69) is 18.2 Å². The number of rotatable bonds is 9. The molecule has 0 unspecified atom stereocenters. The Morgan fingerprint density at radius 3 is 2.24 bits per heavy atom. The Hall–Kier alpha value is -4.17. The van der Waals surface area contributed by atoms with Gasteiger partial charge < -0.3 is 14.9 Å². The molecule has 7 nitrogen and oxygen atoms in total. The number of halogens is 2. The molecule has 41 heavy (non-hydrogen) atoms. The Morgan fingerprint density at radius 2 is 1.71 bits per heavy atom. The van der Waals surface area contributed by atoms with Crippen LogP contribution in [0.1, 0.15) is 43.4 Å². The first-order valence-corrected chi connectivity index (χ1v) is 13.7. The predicted octanol–water partition coefficient (Wildman–Crippen LogP) is 6.79. The Morgan fingerprint density at radius 1 is 1.07 bits per heavy atom. The highest BCUT2D eigenvalue weighted by Gasteiger charge is 2.28. The number of nitrogens with zero attached hydrogens (tertiary/aromatic N) is 4. The first-order chi connectivity index (χ1) is 19.6. The van der Waals surface area contributed by atoms with Crippen LogP contribution in [0.3, 0.4) is 0 Å². The van der Waals surface area contributed by atoms with Crippen molar-refractivity contribution in [2.45, 2.75) is 26.7 Å². The number of para-hydroxylation sites is 1. The molecule has 9 heteroatoms. The zero-order chi connectivity index (χ0) is 30.3. The molecule has 0 bridgehead atoms. The van der Waals surface area contributed by atoms with Gasteiger partial charge in [-0.05, 0) is 48.8 Å². The summed E-state index contributed by atoms with van der Waals surface area (Å²) in [6.07, 6.45) is 4.35. The van der Waals surface area contributed by atoms with Gasteiger partial charge in [-0.15, -0.1) is 0 Å². The van der Waals surface area contributed by atoms with Crippen LogP contribution >= 0.6 is 11.6 Å². The monoisotopic (exact) mass is 578 g/mol. The summed E-state index contributed by atoms with van der Waals surface area (Å²) in [7, 11) is 1.64. The van der Waals surface area contributed by atoms with Gasteiger partial charge in [0.05, 0.1) is 16.9 Å². The van der Waals surface area contributed by atoms with E-state index in [-0.39, 0.29) is 28.0 Å². The predicted molar refractivity (Wildman–Crippen MR) is 166 cm³/mol. The minimum atomic E-state index is -0.698. The summed E-state index contributed by atoms with van der Waals surface area (Å²) in [6, 6.07) is 10.8. The minimum absolute atomic E-state index is 0.0967. The van der Waals surface area contributed by atoms with E-state index in [0.717, 1.165) is 11.6 Å². The lowest BCUT2D eigenvalue weighted by molar-refractivity contribution is -0.127. The van der Waals surface area contributed by atoms with Crippen molar-refractivity contribution in [2.24, 2.45) is 4.99 Å². The minimum Gasteiger partial charge on any atom is -0.507 e. The molecule has 0 atom stereocenters. The first kappa shape index (κ1) is 31.4. The van der Waals surface area contributed by atoms with Crippen molar-refractivity contribution in [3.05, 3.63) is 101 Å². The van der Waals surface area contributed by atoms with E-state index in [1.807, 2.05) is 43.0 Å². The number of piperazine rings is 1. The van der Waals surface area contributed by atoms with E-state index in [1.165, 1.54) is 24.0 Å². The number of anilines is 2. The summed E-state index contributed by atoms with van der Waals surface area (Å²) in [5.74, 6) is -0.584. The third-order valence-corrected chi connectivity index (χ3v) is 7.31. The van der Waals surface area contributed by atoms with Gasteiger partial charge in [-0.3, -0.25) is 19.5 Å². The van der Waals surface area contributed by atoms with Crippen LogP contribution in [-0.2, 0) is 9.59 Å². The number of aliphatic imine (C=N–C) groups is 1. The summed E-state index contributed by atoms with van der Waals surface area (Å²) in [5.41, 5.74) is 2.55. The molecular formula is C32H36ClFN4O3. The highest BCUT2D eigenvalue weighted by molar-refractivity contribution is 6.33. The third-order valence-electron chi connectivity index (χ3n) is 7.00. The van der Waals surface area contributed by atoms with Crippen molar-refractivity contribution < 1.29 is 19.1 Å². The Labute approximate surface area is 246 Å². The van der Waals surface area contributed by atoms with E-state index in [1.54, 1.807) is 24.1 Å². The van der Waals surface area contributed by atoms with Crippen molar-refractivity contribution >= 4 is 46.7 Å². The Bertz CT molecular complexity index is 1420. The maximum Gasteiger partial charge on any atom is 0.246 e. The van der Waals surface area contributed by atoms with Crippen LogP contribution in [0.4, 0.5) is 15.8 Å². The fourth-order valence-corrected chi connectivity index (χ4v) is 5.16. The summed E-state index contributed by atoms with van der Waals surface area (Å²) < 4.78 is 15.1. The van der Waals surface area contributed by atoms with Gasteiger partial charge in [0.1, 0.15) is 17.4 Å². The average molecular weight is 579 g/mol. The van der Waals surface area contributed by atoms with E-state index in [9.17, 15) is 14.7 Å². The first-order valence-electron chi connectivity index (χ1n) is 13.3. The van der Waals surface area contributed by atoms with Crippen LogP contribution in [0, 0.1) is 0 Å². The Balaban J connectivity index is 2.31. The van der Waals surface area contributed by atoms with Gasteiger partial charge in [-0.2, -0.15) is 0 Å². The van der Waals surface area contributed by atoms with Gasteiger partial charge in [0.25, 0.3) is 0 Å². The number of amides is 2. The largest absolute Gasteiger partial charge is 0.507 e. The zero-order valence-corrected chi connectivity index (χ0v) is 24.7. The molecule has 1 aliphatic heterocycles. The SMILES string of the molecule is C=CC(=O)N1CCN(/C(=N/C)c2cc(Cl)c(C(/C(F)=C\C)=C(\O)C=C)cc2N(C=O)c2ccccc2C(C)C)CC1. The van der Waals surface area contributed by atoms with Crippen molar-refractivity contribution in [2.75, 3.05) is 38.1 Å². The summed E-state index contributed by atoms with van der Waals surface area (Å²) in [5, 5.41) is 10.8. The summed E-state index contributed by atoms with van der Waals surface area (Å²) in [4.78, 5) is 34.8. The molecule has 0 radical (unpaired) electrons. The van der Waals surface area contributed by atoms with Crippen LogP contribution in [0.5, 0.6) is 0 Å². The van der Waals surface area contributed by atoms with Crippen molar-refractivity contribution in [1.82, 2.24) is 9.80 Å². The van der Waals surface area contributed by atoms with Crippen LogP contribution in [0.15, 0.2) is 84.4 Å². The van der Waals surface area contributed by atoms with Gasteiger partial charge in [0.2, 0.25) is 12.3 Å². The molecule has 3 rings (SSSR count). The number of benzene rings is 2. The molecule has 1 fully saturated rings. The summed E-state index contributed by atoms with van der Waals surface area (Å²) >= 11 is 6.78. The lowest BCUT2D eigenvalue weighted by atomic mass is 9.96. The number of aliphatic hydroxyl groups is 1. The molecule has 2 aromatic rings. The smallest absolute Gasteiger partial charge is 0.246 e. The Kier molecular flexibility index (Phi) is 10.7. The molecule has 1 N–H and O–H groups in total. The van der Waals surface area contributed by atoms with Gasteiger partial charge in [-0.25, -0.2) is 4.39 Å². The van der Waals surface area contributed by atoms with Gasteiger partial charge in [0.15, 0.2) is 0 Å². The molecule has 0 saturated carbocycles. The van der Waals surface area contributed by atoms with E-state index in [4.69, 9.17) is 11.6 Å².